The zero-order valence-electron chi connectivity index (χ0n) is 15.3. The van der Waals surface area contributed by atoms with E-state index in [1.807, 2.05) is 38.0 Å². The largest absolute Gasteiger partial charge is 0.442 e. The van der Waals surface area contributed by atoms with Gasteiger partial charge in [-0.05, 0) is 45.7 Å². The van der Waals surface area contributed by atoms with Crippen molar-refractivity contribution in [1.82, 2.24) is 5.06 Å². The number of hydroxylamine groups is 2. The molecule has 1 fully saturated rings. The molecule has 1 saturated heterocycles. The number of hydrogen-bond acceptors (Lipinski definition) is 6. The van der Waals surface area contributed by atoms with Crippen LogP contribution in [0.25, 0.3) is 0 Å². The molecule has 0 bridgehead atoms. The van der Waals surface area contributed by atoms with E-state index in [9.17, 15) is 4.79 Å². The predicted octanol–water partition coefficient (Wildman–Crippen LogP) is 3.67. The molecule has 1 aromatic rings. The van der Waals surface area contributed by atoms with E-state index in [-0.39, 0.29) is 5.41 Å². The van der Waals surface area contributed by atoms with Crippen LogP contribution in [0, 0.1) is 0 Å². The molecule has 2 N–H and O–H groups in total. The lowest BCUT2D eigenvalue weighted by Crippen LogP contribution is -2.41. The van der Waals surface area contributed by atoms with Crippen LogP contribution in [0.4, 0.5) is 9.80 Å². The van der Waals surface area contributed by atoms with Crippen LogP contribution in [0.15, 0.2) is 12.1 Å². The molecule has 1 amide bonds. The average Bonchev–Trinajstić information content (AvgIpc) is 3.14. The van der Waals surface area contributed by atoms with E-state index in [1.54, 1.807) is 0 Å². The van der Waals surface area contributed by atoms with Crippen molar-refractivity contribution in [2.45, 2.75) is 58.5 Å². The molecule has 0 unspecified atom stereocenters. The Bertz CT molecular complexity index is 560. The average molecular weight is 356 g/mol. The maximum absolute atomic E-state index is 12.1. The number of hydrogen-bond donors (Lipinski definition) is 1. The predicted molar refractivity (Wildman–Crippen MR) is 97.0 cm³/mol. The summed E-state index contributed by atoms with van der Waals surface area (Å²) in [6.07, 6.45) is 1.84. The van der Waals surface area contributed by atoms with Gasteiger partial charge in [-0.2, -0.15) is 5.06 Å². The minimum absolute atomic E-state index is 0.153. The second-order valence-corrected chi connectivity index (χ2v) is 8.84. The molecular formula is C17H29N3O3S. The third-order valence-corrected chi connectivity index (χ3v) is 5.21. The highest BCUT2D eigenvalue weighted by atomic mass is 32.1. The summed E-state index contributed by atoms with van der Waals surface area (Å²) in [6, 6.07) is 3.85. The van der Waals surface area contributed by atoms with Crippen molar-refractivity contribution in [3.63, 3.8) is 0 Å². The molecule has 0 radical (unpaired) electrons. The molecule has 2 heterocycles. The van der Waals surface area contributed by atoms with Crippen molar-refractivity contribution < 1.29 is 14.4 Å². The number of hydrazine groups is 1. The zero-order chi connectivity index (χ0) is 18.0. The minimum Gasteiger partial charge on any atom is -0.442 e. The summed E-state index contributed by atoms with van der Waals surface area (Å²) in [6.45, 7) is 12.3. The van der Waals surface area contributed by atoms with Crippen LogP contribution in [0.3, 0.4) is 0 Å². The van der Waals surface area contributed by atoms with Crippen LogP contribution in [0.2, 0.25) is 0 Å². The Morgan fingerprint density at radius 1 is 1.25 bits per heavy atom. The van der Waals surface area contributed by atoms with Crippen LogP contribution in [0.5, 0.6) is 0 Å². The number of amides is 1. The molecule has 0 aromatic carbocycles. The van der Waals surface area contributed by atoms with Crippen molar-refractivity contribution >= 4 is 22.4 Å². The molecule has 24 heavy (non-hydrogen) atoms. The number of nitrogens with zero attached hydrogens (tertiary/aromatic N) is 2. The summed E-state index contributed by atoms with van der Waals surface area (Å²) in [5.74, 6) is 5.91. The first-order chi connectivity index (χ1) is 11.1. The number of carbonyl (C=O) groups excluding carboxylic acids is 1. The van der Waals surface area contributed by atoms with Crippen molar-refractivity contribution in [2.75, 3.05) is 24.7 Å². The Kier molecular flexibility index (Phi) is 5.91. The van der Waals surface area contributed by atoms with Gasteiger partial charge in [-0.1, -0.05) is 13.8 Å². The Morgan fingerprint density at radius 3 is 2.46 bits per heavy atom. The summed E-state index contributed by atoms with van der Waals surface area (Å²) in [5.41, 5.74) is -0.724. The quantitative estimate of drug-likeness (QED) is 0.496. The molecule has 0 aliphatic carbocycles. The zero-order valence-corrected chi connectivity index (χ0v) is 16.1. The number of nitrogens with two attached hydrogens (primary N) is 1. The van der Waals surface area contributed by atoms with E-state index in [4.69, 9.17) is 15.4 Å². The van der Waals surface area contributed by atoms with E-state index in [0.717, 1.165) is 23.0 Å². The van der Waals surface area contributed by atoms with Gasteiger partial charge in [-0.15, -0.1) is 11.3 Å². The maximum atomic E-state index is 12.1. The Labute approximate surface area is 148 Å². The molecule has 0 saturated carbocycles. The number of ether oxygens (including phenoxy) is 1. The summed E-state index contributed by atoms with van der Waals surface area (Å²) in [7, 11) is 0. The van der Waals surface area contributed by atoms with Gasteiger partial charge < -0.3 is 4.74 Å². The maximum Gasteiger partial charge on any atom is 0.430 e. The molecule has 0 atom stereocenters. The van der Waals surface area contributed by atoms with Gasteiger partial charge in [-0.3, -0.25) is 4.84 Å². The fraction of sp³-hybridized carbons (Fsp3) is 0.706. The molecule has 6 nitrogen and oxygen atoms in total. The van der Waals surface area contributed by atoms with E-state index in [1.165, 1.54) is 24.2 Å². The first-order valence-corrected chi connectivity index (χ1v) is 9.16. The van der Waals surface area contributed by atoms with Gasteiger partial charge in [0.2, 0.25) is 0 Å². The number of carbonyl (C=O) groups is 1. The Hall–Kier alpha value is -1.15. The van der Waals surface area contributed by atoms with Crippen molar-refractivity contribution in [3.05, 3.63) is 17.0 Å². The van der Waals surface area contributed by atoms with E-state index >= 15 is 0 Å². The van der Waals surface area contributed by atoms with E-state index in [0.29, 0.717) is 11.6 Å². The van der Waals surface area contributed by atoms with Crippen LogP contribution < -0.4 is 10.9 Å². The lowest BCUT2D eigenvalue weighted by atomic mass is 9.93. The number of thiophene rings is 1. The van der Waals surface area contributed by atoms with Gasteiger partial charge in [0.05, 0.1) is 6.61 Å². The standard InChI is InChI=1S/C17H29N3O3S/c1-16(2,3)23-15(21)20(18)14-9-8-13(24-14)17(4,5)12-22-19-10-6-7-11-19/h8-9H,6-7,10-12,18H2,1-5H3. The summed E-state index contributed by atoms with van der Waals surface area (Å²) < 4.78 is 5.30. The first-order valence-electron chi connectivity index (χ1n) is 8.34. The second kappa shape index (κ2) is 7.39. The van der Waals surface area contributed by atoms with E-state index in [2.05, 4.69) is 13.8 Å². The number of anilines is 1. The van der Waals surface area contributed by atoms with Gasteiger partial charge >= 0.3 is 6.09 Å². The van der Waals surface area contributed by atoms with Crippen molar-refractivity contribution in [2.24, 2.45) is 5.84 Å². The van der Waals surface area contributed by atoms with E-state index < -0.39 is 11.7 Å². The molecular weight excluding hydrogens is 326 g/mol. The lowest BCUT2D eigenvalue weighted by Gasteiger charge is -2.26. The van der Waals surface area contributed by atoms with Crippen LogP contribution in [-0.4, -0.2) is 36.5 Å². The minimum atomic E-state index is -0.572. The van der Waals surface area contributed by atoms with Crippen LogP contribution in [0.1, 0.15) is 52.3 Å². The van der Waals surface area contributed by atoms with Crippen molar-refractivity contribution in [1.29, 1.82) is 0 Å². The monoisotopic (exact) mass is 355 g/mol. The highest BCUT2D eigenvalue weighted by Crippen LogP contribution is 2.35. The molecule has 1 aromatic heterocycles. The lowest BCUT2D eigenvalue weighted by molar-refractivity contribution is -0.155. The van der Waals surface area contributed by atoms with Gasteiger partial charge in [-0.25, -0.2) is 15.6 Å². The summed E-state index contributed by atoms with van der Waals surface area (Å²) in [4.78, 5) is 19.1. The Morgan fingerprint density at radius 2 is 1.88 bits per heavy atom. The Balaban J connectivity index is 1.98. The molecule has 1 aliphatic heterocycles. The normalized spacial score (nSPS) is 16.4. The fourth-order valence-electron chi connectivity index (χ4n) is 2.36. The van der Waals surface area contributed by atoms with Crippen LogP contribution >= 0.6 is 11.3 Å². The third-order valence-electron chi connectivity index (χ3n) is 3.76. The molecule has 2 rings (SSSR count). The molecule has 7 heteroatoms. The smallest absolute Gasteiger partial charge is 0.430 e. The first kappa shape index (κ1) is 19.2. The van der Waals surface area contributed by atoms with Gasteiger partial charge in [0.1, 0.15) is 10.6 Å². The fourth-order valence-corrected chi connectivity index (χ4v) is 3.37. The topological polar surface area (TPSA) is 68.0 Å². The van der Waals surface area contributed by atoms with Crippen LogP contribution in [-0.2, 0) is 15.0 Å². The van der Waals surface area contributed by atoms with Crippen molar-refractivity contribution in [3.8, 4) is 0 Å². The summed E-state index contributed by atoms with van der Waals surface area (Å²) >= 11 is 1.49. The molecule has 0 spiro atoms. The SMILES string of the molecule is CC(C)(C)OC(=O)N(N)c1ccc(C(C)(C)CON2CCCC2)s1. The number of rotatable bonds is 5. The highest BCUT2D eigenvalue weighted by molar-refractivity contribution is 7.16. The van der Waals surface area contributed by atoms with Gasteiger partial charge in [0.15, 0.2) is 0 Å². The van der Waals surface area contributed by atoms with Gasteiger partial charge in [0, 0.05) is 23.4 Å². The second-order valence-electron chi connectivity index (χ2n) is 7.78. The summed E-state index contributed by atoms with van der Waals surface area (Å²) in [5, 5.41) is 3.76. The third kappa shape index (κ3) is 5.17. The molecule has 136 valence electrons. The molecule has 1 aliphatic rings. The highest BCUT2D eigenvalue weighted by Gasteiger charge is 2.28. The van der Waals surface area contributed by atoms with Gasteiger partial charge in [0.25, 0.3) is 0 Å².